The van der Waals surface area contributed by atoms with Gasteiger partial charge in [0.1, 0.15) is 5.69 Å². The van der Waals surface area contributed by atoms with Crippen molar-refractivity contribution in [2.75, 3.05) is 7.11 Å². The zero-order chi connectivity index (χ0) is 14.8. The molecule has 0 aliphatic rings. The molecule has 2 aromatic heterocycles. The maximum Gasteiger partial charge on any atom is 0.417 e. The first kappa shape index (κ1) is 14.2. The van der Waals surface area contributed by atoms with Gasteiger partial charge in [-0.3, -0.25) is 9.97 Å². The standard InChI is InChI=1S/C12H11F3N4O/c1-20-11-10(17-4-5-18-11)9(16)8-3-2-7(6-19-8)12(13,14)15/h2-6,9H,16H2,1H3. The Balaban J connectivity index is 2.32. The molecule has 106 valence electrons. The number of hydrogen-bond donors (Lipinski definition) is 1. The van der Waals surface area contributed by atoms with E-state index in [0.717, 1.165) is 12.3 Å². The number of aromatic nitrogens is 3. The van der Waals surface area contributed by atoms with Crippen LogP contribution in [0.2, 0.25) is 0 Å². The molecule has 0 fully saturated rings. The molecule has 0 amide bonds. The predicted octanol–water partition coefficient (Wildman–Crippen LogP) is 1.95. The van der Waals surface area contributed by atoms with Crippen LogP contribution in [0.4, 0.5) is 13.2 Å². The van der Waals surface area contributed by atoms with Crippen LogP contribution in [0.1, 0.15) is 23.0 Å². The molecule has 0 radical (unpaired) electrons. The number of halogens is 3. The summed E-state index contributed by atoms with van der Waals surface area (Å²) in [6.07, 6.45) is -0.852. The van der Waals surface area contributed by atoms with E-state index in [-0.39, 0.29) is 11.6 Å². The van der Waals surface area contributed by atoms with Crippen LogP contribution < -0.4 is 10.5 Å². The zero-order valence-corrected chi connectivity index (χ0v) is 10.4. The van der Waals surface area contributed by atoms with E-state index in [2.05, 4.69) is 15.0 Å². The van der Waals surface area contributed by atoms with Crippen molar-refractivity contribution in [3.05, 3.63) is 47.7 Å². The monoisotopic (exact) mass is 284 g/mol. The third-order valence-corrected chi connectivity index (χ3v) is 2.61. The molecule has 2 rings (SSSR count). The van der Waals surface area contributed by atoms with Gasteiger partial charge in [-0.1, -0.05) is 0 Å². The molecule has 1 atom stereocenters. The van der Waals surface area contributed by atoms with Gasteiger partial charge in [0.15, 0.2) is 0 Å². The van der Waals surface area contributed by atoms with Gasteiger partial charge in [0.25, 0.3) is 0 Å². The molecule has 0 bridgehead atoms. The third-order valence-electron chi connectivity index (χ3n) is 2.61. The lowest BCUT2D eigenvalue weighted by atomic mass is 10.1. The van der Waals surface area contributed by atoms with Crippen molar-refractivity contribution in [3.8, 4) is 5.88 Å². The number of rotatable bonds is 3. The van der Waals surface area contributed by atoms with Crippen molar-refractivity contribution < 1.29 is 17.9 Å². The molecule has 5 nitrogen and oxygen atoms in total. The van der Waals surface area contributed by atoms with Crippen LogP contribution in [-0.4, -0.2) is 22.1 Å². The minimum atomic E-state index is -4.43. The molecule has 20 heavy (non-hydrogen) atoms. The summed E-state index contributed by atoms with van der Waals surface area (Å²) in [6.45, 7) is 0. The summed E-state index contributed by atoms with van der Waals surface area (Å²) < 4.78 is 42.4. The van der Waals surface area contributed by atoms with E-state index in [1.807, 2.05) is 0 Å². The fourth-order valence-electron chi connectivity index (χ4n) is 1.60. The first-order valence-electron chi connectivity index (χ1n) is 5.57. The van der Waals surface area contributed by atoms with Crippen molar-refractivity contribution >= 4 is 0 Å². The second-order valence-corrected chi connectivity index (χ2v) is 3.90. The Morgan fingerprint density at radius 1 is 1.15 bits per heavy atom. The highest BCUT2D eigenvalue weighted by atomic mass is 19.4. The summed E-state index contributed by atoms with van der Waals surface area (Å²) in [5, 5.41) is 0. The van der Waals surface area contributed by atoms with E-state index in [4.69, 9.17) is 10.5 Å². The number of ether oxygens (including phenoxy) is 1. The van der Waals surface area contributed by atoms with Crippen LogP contribution in [0, 0.1) is 0 Å². The normalized spacial score (nSPS) is 13.1. The number of pyridine rings is 1. The van der Waals surface area contributed by atoms with Crippen LogP contribution in [0.25, 0.3) is 0 Å². The third kappa shape index (κ3) is 2.85. The van der Waals surface area contributed by atoms with E-state index in [0.29, 0.717) is 5.69 Å². The van der Waals surface area contributed by atoms with Crippen molar-refractivity contribution in [1.29, 1.82) is 0 Å². The van der Waals surface area contributed by atoms with Crippen molar-refractivity contribution in [1.82, 2.24) is 15.0 Å². The Hall–Kier alpha value is -2.22. The molecule has 0 aliphatic heterocycles. The number of nitrogens with two attached hydrogens (primary N) is 1. The lowest BCUT2D eigenvalue weighted by Gasteiger charge is -2.13. The summed E-state index contributed by atoms with van der Waals surface area (Å²) in [7, 11) is 1.40. The largest absolute Gasteiger partial charge is 0.480 e. The Morgan fingerprint density at radius 2 is 1.85 bits per heavy atom. The van der Waals surface area contributed by atoms with Crippen molar-refractivity contribution in [2.45, 2.75) is 12.2 Å². The Labute approximate surface area is 112 Å². The second kappa shape index (κ2) is 5.41. The van der Waals surface area contributed by atoms with Gasteiger partial charge in [0.05, 0.1) is 24.4 Å². The van der Waals surface area contributed by atoms with Gasteiger partial charge in [-0.15, -0.1) is 0 Å². The highest BCUT2D eigenvalue weighted by molar-refractivity contribution is 5.29. The summed E-state index contributed by atoms with van der Waals surface area (Å²) in [4.78, 5) is 11.7. The van der Waals surface area contributed by atoms with Crippen LogP contribution in [0.15, 0.2) is 30.7 Å². The quantitative estimate of drug-likeness (QED) is 0.932. The minimum absolute atomic E-state index is 0.210. The highest BCUT2D eigenvalue weighted by Gasteiger charge is 2.31. The van der Waals surface area contributed by atoms with Gasteiger partial charge < -0.3 is 10.5 Å². The highest BCUT2D eigenvalue weighted by Crippen LogP contribution is 2.30. The number of hydrogen-bond acceptors (Lipinski definition) is 5. The van der Waals surface area contributed by atoms with E-state index < -0.39 is 17.8 Å². The summed E-state index contributed by atoms with van der Waals surface area (Å²) >= 11 is 0. The fraction of sp³-hybridized carbons (Fsp3) is 0.250. The SMILES string of the molecule is COc1nccnc1C(N)c1ccc(C(F)(F)F)cn1. The fourth-order valence-corrected chi connectivity index (χ4v) is 1.60. The Bertz CT molecular complexity index is 586. The molecule has 0 spiro atoms. The molecule has 0 aliphatic carbocycles. The Kier molecular flexibility index (Phi) is 3.84. The van der Waals surface area contributed by atoms with Crippen LogP contribution >= 0.6 is 0 Å². The van der Waals surface area contributed by atoms with Crippen molar-refractivity contribution in [2.24, 2.45) is 5.73 Å². The number of nitrogens with zero attached hydrogens (tertiary/aromatic N) is 3. The first-order chi connectivity index (χ1) is 9.43. The molecule has 1 unspecified atom stereocenters. The average molecular weight is 284 g/mol. The molecule has 2 aromatic rings. The molecule has 2 N–H and O–H groups in total. The van der Waals surface area contributed by atoms with Crippen LogP contribution in [-0.2, 0) is 6.18 Å². The van der Waals surface area contributed by atoms with Crippen LogP contribution in [0.3, 0.4) is 0 Å². The predicted molar refractivity (Wildman–Crippen MR) is 63.9 cm³/mol. The molecule has 2 heterocycles. The van der Waals surface area contributed by atoms with Gasteiger partial charge >= 0.3 is 6.18 Å². The van der Waals surface area contributed by atoms with E-state index in [1.54, 1.807) is 0 Å². The maximum atomic E-state index is 12.4. The molecule has 0 saturated carbocycles. The van der Waals surface area contributed by atoms with E-state index >= 15 is 0 Å². The summed E-state index contributed by atoms with van der Waals surface area (Å²) in [6, 6.07) is 1.31. The lowest BCUT2D eigenvalue weighted by molar-refractivity contribution is -0.137. The van der Waals surface area contributed by atoms with E-state index in [1.165, 1.54) is 25.6 Å². The van der Waals surface area contributed by atoms with E-state index in [9.17, 15) is 13.2 Å². The maximum absolute atomic E-state index is 12.4. The van der Waals surface area contributed by atoms with Gasteiger partial charge in [0.2, 0.25) is 5.88 Å². The summed E-state index contributed by atoms with van der Waals surface area (Å²) in [5.41, 5.74) is 5.65. The molecular formula is C12H11F3N4O. The zero-order valence-electron chi connectivity index (χ0n) is 10.4. The Morgan fingerprint density at radius 3 is 2.40 bits per heavy atom. The molecular weight excluding hydrogens is 273 g/mol. The minimum Gasteiger partial charge on any atom is -0.480 e. The molecule has 0 saturated heterocycles. The second-order valence-electron chi connectivity index (χ2n) is 3.90. The van der Waals surface area contributed by atoms with Gasteiger partial charge in [-0.25, -0.2) is 4.98 Å². The van der Waals surface area contributed by atoms with Crippen LogP contribution in [0.5, 0.6) is 5.88 Å². The smallest absolute Gasteiger partial charge is 0.417 e. The number of alkyl halides is 3. The van der Waals surface area contributed by atoms with Gasteiger partial charge in [-0.2, -0.15) is 13.2 Å². The first-order valence-corrected chi connectivity index (χ1v) is 5.57. The molecule has 8 heteroatoms. The van der Waals surface area contributed by atoms with Gasteiger partial charge in [0, 0.05) is 18.6 Å². The number of methoxy groups -OCH3 is 1. The van der Waals surface area contributed by atoms with Crippen molar-refractivity contribution in [3.63, 3.8) is 0 Å². The van der Waals surface area contributed by atoms with Gasteiger partial charge in [-0.05, 0) is 12.1 Å². The topological polar surface area (TPSA) is 73.9 Å². The summed E-state index contributed by atoms with van der Waals surface area (Å²) in [5.74, 6) is 0.210. The average Bonchev–Trinajstić information content (AvgIpc) is 2.45. The molecule has 0 aromatic carbocycles. The lowest BCUT2D eigenvalue weighted by Crippen LogP contribution is -2.17.